The fraction of sp³-hybridized carbons (Fsp3) is 0.200. The smallest absolute Gasteiger partial charge is 0.338 e. The molecule has 3 heterocycles. The lowest BCUT2D eigenvalue weighted by atomic mass is 9.96. The third-order valence-corrected chi connectivity index (χ3v) is 7.57. The van der Waals surface area contributed by atoms with Gasteiger partial charge >= 0.3 is 11.9 Å². The van der Waals surface area contributed by atoms with Crippen LogP contribution in [0.3, 0.4) is 0 Å². The van der Waals surface area contributed by atoms with Crippen LogP contribution in [-0.4, -0.2) is 35.3 Å². The Labute approximate surface area is 232 Å². The number of carboxylic acids is 1. The Balaban J connectivity index is 1.60. The molecule has 0 saturated carbocycles. The first-order valence-corrected chi connectivity index (χ1v) is 13.3. The number of ether oxygens (including phenoxy) is 2. The van der Waals surface area contributed by atoms with E-state index in [0.717, 1.165) is 11.1 Å². The fourth-order valence-electron chi connectivity index (χ4n) is 4.67. The number of esters is 1. The number of nitrogens with zero attached hydrogens (tertiary/aromatic N) is 2. The zero-order valence-corrected chi connectivity index (χ0v) is 23.1. The Bertz CT molecular complexity index is 1840. The van der Waals surface area contributed by atoms with Gasteiger partial charge in [-0.2, -0.15) is 0 Å². The highest BCUT2D eigenvalue weighted by Crippen LogP contribution is 2.32. The molecule has 1 N–H and O–H groups in total. The molecule has 1 aliphatic heterocycles. The third-order valence-electron chi connectivity index (χ3n) is 6.59. The van der Waals surface area contributed by atoms with E-state index in [1.807, 2.05) is 19.1 Å². The second-order valence-corrected chi connectivity index (χ2v) is 10.1. The number of hydrogen-bond acceptors (Lipinski definition) is 8. The molecular formula is C30H26N2O7S. The molecule has 9 nitrogen and oxygen atoms in total. The Morgan fingerprint density at radius 1 is 1.12 bits per heavy atom. The first-order chi connectivity index (χ1) is 19.2. The molecular weight excluding hydrogens is 532 g/mol. The second-order valence-electron chi connectivity index (χ2n) is 9.11. The molecule has 40 heavy (non-hydrogen) atoms. The predicted molar refractivity (Wildman–Crippen MR) is 149 cm³/mol. The lowest BCUT2D eigenvalue weighted by Gasteiger charge is -2.24. The van der Waals surface area contributed by atoms with E-state index in [-0.39, 0.29) is 17.7 Å². The van der Waals surface area contributed by atoms with Crippen LogP contribution in [0.15, 0.2) is 80.1 Å². The average molecular weight is 559 g/mol. The molecule has 2 aromatic heterocycles. The van der Waals surface area contributed by atoms with Gasteiger partial charge in [0.2, 0.25) is 0 Å². The summed E-state index contributed by atoms with van der Waals surface area (Å²) in [5, 5.41) is 9.24. The maximum Gasteiger partial charge on any atom is 0.338 e. The molecule has 0 aliphatic carbocycles. The summed E-state index contributed by atoms with van der Waals surface area (Å²) >= 11 is 1.20. The van der Waals surface area contributed by atoms with Crippen LogP contribution in [0.25, 0.3) is 17.4 Å². The topological polar surface area (TPSA) is 120 Å². The fourth-order valence-corrected chi connectivity index (χ4v) is 5.70. The minimum absolute atomic E-state index is 0.189. The molecule has 10 heteroatoms. The van der Waals surface area contributed by atoms with Gasteiger partial charge in [-0.15, -0.1) is 0 Å². The van der Waals surface area contributed by atoms with Crippen LogP contribution in [-0.2, 0) is 9.53 Å². The molecule has 0 spiro atoms. The van der Waals surface area contributed by atoms with Crippen molar-refractivity contribution >= 4 is 29.4 Å². The summed E-state index contributed by atoms with van der Waals surface area (Å²) in [5.41, 5.74) is 2.87. The monoisotopic (exact) mass is 558 g/mol. The molecule has 0 fully saturated rings. The van der Waals surface area contributed by atoms with Crippen molar-refractivity contribution in [2.75, 3.05) is 13.7 Å². The molecule has 0 bridgehead atoms. The van der Waals surface area contributed by atoms with Crippen molar-refractivity contribution in [2.45, 2.75) is 26.8 Å². The van der Waals surface area contributed by atoms with Gasteiger partial charge in [0.05, 0.1) is 41.1 Å². The molecule has 0 amide bonds. The Morgan fingerprint density at radius 2 is 1.88 bits per heavy atom. The van der Waals surface area contributed by atoms with E-state index in [0.29, 0.717) is 43.4 Å². The van der Waals surface area contributed by atoms with Gasteiger partial charge in [0, 0.05) is 11.6 Å². The Hall–Kier alpha value is -4.70. The van der Waals surface area contributed by atoms with Gasteiger partial charge < -0.3 is 19.0 Å². The number of fused-ring (bicyclic) bond motifs is 1. The van der Waals surface area contributed by atoms with Crippen LogP contribution >= 0.6 is 11.3 Å². The van der Waals surface area contributed by atoms with Gasteiger partial charge in [-0.05, 0) is 68.3 Å². The van der Waals surface area contributed by atoms with Crippen LogP contribution in [0, 0.1) is 6.92 Å². The number of furan rings is 1. The molecule has 2 aromatic carbocycles. The molecule has 4 aromatic rings. The summed E-state index contributed by atoms with van der Waals surface area (Å²) in [4.78, 5) is 43.1. The predicted octanol–water partition coefficient (Wildman–Crippen LogP) is 4.07. The first kappa shape index (κ1) is 26.9. The molecule has 1 aliphatic rings. The SMILES string of the molecule is CCOC(=O)C1=C(C)N=c2s/c(=C\c3ccc(-c4ccc(C(=O)O)cc4C)o3)c(=O)n2C1c1ccc(OC)cc1. The Kier molecular flexibility index (Phi) is 7.27. The summed E-state index contributed by atoms with van der Waals surface area (Å²) in [6.07, 6.45) is 1.64. The number of aromatic nitrogens is 1. The van der Waals surface area contributed by atoms with Crippen LogP contribution in [0.5, 0.6) is 5.75 Å². The minimum Gasteiger partial charge on any atom is -0.497 e. The Morgan fingerprint density at radius 3 is 2.52 bits per heavy atom. The second kappa shape index (κ2) is 10.8. The molecule has 0 radical (unpaired) electrons. The standard InChI is InChI=1S/C30H26N2O7S/c1-5-38-29(36)25-17(3)31-30-32(26(25)18-6-9-20(37-4)10-7-18)27(33)24(40-30)15-21-11-13-23(39-21)22-12-8-19(28(34)35)14-16(22)2/h6-15,26H,5H2,1-4H3,(H,34,35)/b24-15-. The first-order valence-electron chi connectivity index (χ1n) is 12.5. The van der Waals surface area contributed by atoms with Gasteiger partial charge in [0.25, 0.3) is 5.56 Å². The van der Waals surface area contributed by atoms with Crippen molar-refractivity contribution in [1.29, 1.82) is 0 Å². The van der Waals surface area contributed by atoms with Crippen molar-refractivity contribution in [1.82, 2.24) is 4.57 Å². The zero-order valence-electron chi connectivity index (χ0n) is 22.3. The van der Waals surface area contributed by atoms with Gasteiger partial charge in [0.15, 0.2) is 4.80 Å². The van der Waals surface area contributed by atoms with E-state index in [9.17, 15) is 19.5 Å². The zero-order chi connectivity index (χ0) is 28.6. The summed E-state index contributed by atoms with van der Waals surface area (Å²) in [5.74, 6) is 0.114. The minimum atomic E-state index is -1.00. The van der Waals surface area contributed by atoms with Gasteiger partial charge in [0.1, 0.15) is 17.3 Å². The van der Waals surface area contributed by atoms with Crippen molar-refractivity contribution in [2.24, 2.45) is 4.99 Å². The van der Waals surface area contributed by atoms with E-state index in [4.69, 9.17) is 13.9 Å². The van der Waals surface area contributed by atoms with Crippen molar-refractivity contribution in [3.63, 3.8) is 0 Å². The highest BCUT2D eigenvalue weighted by molar-refractivity contribution is 7.07. The number of aryl methyl sites for hydroxylation is 1. The number of carbonyl (C=O) groups is 2. The number of rotatable bonds is 7. The summed E-state index contributed by atoms with van der Waals surface area (Å²) in [6.45, 7) is 5.46. The number of carboxylic acid groups (broad SMARTS) is 1. The van der Waals surface area contributed by atoms with Crippen LogP contribution in [0.2, 0.25) is 0 Å². The highest BCUT2D eigenvalue weighted by atomic mass is 32.1. The van der Waals surface area contributed by atoms with Crippen LogP contribution in [0.4, 0.5) is 0 Å². The van der Waals surface area contributed by atoms with Crippen molar-refractivity contribution in [3.8, 4) is 17.1 Å². The normalized spacial score (nSPS) is 15.0. The van der Waals surface area contributed by atoms with E-state index in [2.05, 4.69) is 4.99 Å². The van der Waals surface area contributed by atoms with Gasteiger partial charge in [-0.3, -0.25) is 9.36 Å². The number of carbonyl (C=O) groups excluding carboxylic acids is 1. The van der Waals surface area contributed by atoms with E-state index < -0.39 is 18.0 Å². The number of methoxy groups -OCH3 is 1. The molecule has 1 atom stereocenters. The largest absolute Gasteiger partial charge is 0.497 e. The number of aromatic carboxylic acids is 1. The van der Waals surface area contributed by atoms with Gasteiger partial charge in [-0.1, -0.05) is 29.5 Å². The van der Waals surface area contributed by atoms with Crippen LogP contribution in [0.1, 0.15) is 47.1 Å². The number of benzene rings is 2. The van der Waals surface area contributed by atoms with E-state index in [1.165, 1.54) is 22.0 Å². The quantitative estimate of drug-likeness (QED) is 0.340. The summed E-state index contributed by atoms with van der Waals surface area (Å²) < 4.78 is 18.5. The molecule has 1 unspecified atom stereocenters. The molecule has 5 rings (SSSR count). The van der Waals surface area contributed by atoms with Gasteiger partial charge in [-0.25, -0.2) is 14.6 Å². The molecule has 204 valence electrons. The maximum atomic E-state index is 13.8. The summed E-state index contributed by atoms with van der Waals surface area (Å²) in [7, 11) is 1.57. The molecule has 0 saturated heterocycles. The summed E-state index contributed by atoms with van der Waals surface area (Å²) in [6, 6.07) is 14.8. The van der Waals surface area contributed by atoms with E-state index >= 15 is 0 Å². The lowest BCUT2D eigenvalue weighted by molar-refractivity contribution is -0.139. The van der Waals surface area contributed by atoms with Crippen molar-refractivity contribution < 1.29 is 28.6 Å². The maximum absolute atomic E-state index is 13.8. The van der Waals surface area contributed by atoms with E-state index in [1.54, 1.807) is 63.4 Å². The number of hydrogen-bond donors (Lipinski definition) is 1. The lowest BCUT2D eigenvalue weighted by Crippen LogP contribution is -2.39. The van der Waals surface area contributed by atoms with Crippen LogP contribution < -0.4 is 19.6 Å². The van der Waals surface area contributed by atoms with Crippen molar-refractivity contribution in [3.05, 3.63) is 108 Å². The average Bonchev–Trinajstić information content (AvgIpc) is 3.52. The highest BCUT2D eigenvalue weighted by Gasteiger charge is 2.33. The number of allylic oxidation sites excluding steroid dienone is 1. The number of thiazole rings is 1. The third kappa shape index (κ3) is 4.89.